The van der Waals surface area contributed by atoms with Crippen LogP contribution in [0.15, 0.2) is 47.3 Å². The highest BCUT2D eigenvalue weighted by Crippen LogP contribution is 2.27. The number of rotatable bonds is 4. The molecule has 1 aromatic heterocycles. The Labute approximate surface area is 167 Å². The second-order valence-electron chi connectivity index (χ2n) is 6.32. The van der Waals surface area contributed by atoms with Crippen LogP contribution >= 0.6 is 23.2 Å². The maximum atomic E-state index is 13.0. The third kappa shape index (κ3) is 3.57. The summed E-state index contributed by atoms with van der Waals surface area (Å²) in [7, 11) is 3.36. The highest BCUT2D eigenvalue weighted by Gasteiger charge is 2.26. The van der Waals surface area contributed by atoms with Crippen molar-refractivity contribution >= 4 is 40.0 Å². The summed E-state index contributed by atoms with van der Waals surface area (Å²) in [6, 6.07) is 11.6. The third-order valence-corrected chi connectivity index (χ3v) is 5.20. The van der Waals surface area contributed by atoms with Crippen molar-refractivity contribution in [3.8, 4) is 0 Å². The van der Waals surface area contributed by atoms with E-state index in [1.807, 2.05) is 13.0 Å². The lowest BCUT2D eigenvalue weighted by atomic mass is 10.1. The van der Waals surface area contributed by atoms with Gasteiger partial charge in [-0.05, 0) is 36.8 Å². The molecule has 0 bridgehead atoms. The number of carbonyl (C=O) groups excluding carboxylic acids is 1. The first kappa shape index (κ1) is 19.4. The molecule has 3 rings (SSSR count). The number of nitrogens with zero attached hydrogens (tertiary/aromatic N) is 3. The molecule has 5 nitrogen and oxygen atoms in total. The number of halogens is 2. The molecule has 7 heteroatoms. The Morgan fingerprint density at radius 1 is 1.22 bits per heavy atom. The van der Waals surface area contributed by atoms with E-state index in [-0.39, 0.29) is 22.5 Å². The standard InChI is InChI=1S/C20H19Cl2N3O2/c1-4-17(24(2)19(26)13-10-9-12(21)11-15(13)22)18-23-16-8-6-5-7-14(16)20(27)25(18)3/h5-11,17H,4H2,1-3H3. The molecule has 3 aromatic rings. The average Bonchev–Trinajstić information content (AvgIpc) is 2.65. The molecule has 0 aliphatic heterocycles. The van der Waals surface area contributed by atoms with Gasteiger partial charge in [-0.3, -0.25) is 14.2 Å². The number of carbonyl (C=O) groups is 1. The highest BCUT2D eigenvalue weighted by atomic mass is 35.5. The summed E-state index contributed by atoms with van der Waals surface area (Å²) in [5.41, 5.74) is 0.826. The van der Waals surface area contributed by atoms with Crippen molar-refractivity contribution in [3.63, 3.8) is 0 Å². The molecule has 1 unspecified atom stereocenters. The van der Waals surface area contributed by atoms with Crippen LogP contribution in [0.2, 0.25) is 10.0 Å². The molecular formula is C20H19Cl2N3O2. The molecular weight excluding hydrogens is 385 g/mol. The fourth-order valence-corrected chi connectivity index (χ4v) is 3.65. The molecule has 0 saturated carbocycles. The Balaban J connectivity index is 2.06. The van der Waals surface area contributed by atoms with Crippen LogP contribution in [0.25, 0.3) is 10.9 Å². The van der Waals surface area contributed by atoms with Crippen molar-refractivity contribution in [2.45, 2.75) is 19.4 Å². The summed E-state index contributed by atoms with van der Waals surface area (Å²) in [6.07, 6.45) is 0.589. The Kier molecular flexibility index (Phi) is 5.53. The summed E-state index contributed by atoms with van der Waals surface area (Å²) in [4.78, 5) is 31.9. The third-order valence-electron chi connectivity index (χ3n) is 4.65. The normalized spacial score (nSPS) is 12.2. The van der Waals surface area contributed by atoms with Crippen molar-refractivity contribution < 1.29 is 4.79 Å². The molecule has 140 valence electrons. The SMILES string of the molecule is CCC(c1nc2ccccc2c(=O)n1C)N(C)C(=O)c1ccc(Cl)cc1Cl. The molecule has 0 radical (unpaired) electrons. The molecule has 1 atom stereocenters. The van der Waals surface area contributed by atoms with Crippen molar-refractivity contribution in [2.24, 2.45) is 7.05 Å². The van der Waals surface area contributed by atoms with Crippen LogP contribution in [0, 0.1) is 0 Å². The Morgan fingerprint density at radius 2 is 1.93 bits per heavy atom. The summed E-state index contributed by atoms with van der Waals surface area (Å²) >= 11 is 12.1. The summed E-state index contributed by atoms with van der Waals surface area (Å²) in [5.74, 6) is 0.271. The number of benzene rings is 2. The topological polar surface area (TPSA) is 55.2 Å². The maximum absolute atomic E-state index is 13.0. The predicted molar refractivity (Wildman–Crippen MR) is 109 cm³/mol. The zero-order valence-electron chi connectivity index (χ0n) is 15.2. The summed E-state index contributed by atoms with van der Waals surface area (Å²) in [6.45, 7) is 1.94. The zero-order valence-corrected chi connectivity index (χ0v) is 16.8. The monoisotopic (exact) mass is 403 g/mol. The van der Waals surface area contributed by atoms with E-state index in [4.69, 9.17) is 23.2 Å². The van der Waals surface area contributed by atoms with Crippen LogP contribution in [-0.2, 0) is 7.05 Å². The lowest BCUT2D eigenvalue weighted by Crippen LogP contribution is -2.35. The van der Waals surface area contributed by atoms with Crippen molar-refractivity contribution in [1.29, 1.82) is 0 Å². The number of hydrogen-bond donors (Lipinski definition) is 0. The van der Waals surface area contributed by atoms with Gasteiger partial charge in [0.25, 0.3) is 11.5 Å². The molecule has 0 N–H and O–H groups in total. The first-order valence-corrected chi connectivity index (χ1v) is 9.28. The Bertz CT molecular complexity index is 1080. The van der Waals surface area contributed by atoms with Gasteiger partial charge in [-0.15, -0.1) is 0 Å². The van der Waals surface area contributed by atoms with Gasteiger partial charge >= 0.3 is 0 Å². The largest absolute Gasteiger partial charge is 0.331 e. The average molecular weight is 404 g/mol. The van der Waals surface area contributed by atoms with Crippen molar-refractivity contribution in [3.05, 3.63) is 74.3 Å². The van der Waals surface area contributed by atoms with Gasteiger partial charge in [0.05, 0.1) is 27.5 Å². The van der Waals surface area contributed by atoms with Gasteiger partial charge in [0, 0.05) is 19.1 Å². The van der Waals surface area contributed by atoms with Crippen molar-refractivity contribution in [1.82, 2.24) is 14.5 Å². The number of para-hydroxylation sites is 1. The second-order valence-corrected chi connectivity index (χ2v) is 7.16. The Hall–Kier alpha value is -2.37. The van der Waals surface area contributed by atoms with E-state index >= 15 is 0 Å². The molecule has 0 aliphatic carbocycles. The van der Waals surface area contributed by atoms with Crippen LogP contribution in [0.5, 0.6) is 0 Å². The number of aromatic nitrogens is 2. The van der Waals surface area contributed by atoms with Crippen LogP contribution in [0.3, 0.4) is 0 Å². The molecule has 2 aromatic carbocycles. The van der Waals surface area contributed by atoms with Gasteiger partial charge in [-0.25, -0.2) is 4.98 Å². The molecule has 1 amide bonds. The number of fused-ring (bicyclic) bond motifs is 1. The highest BCUT2D eigenvalue weighted by molar-refractivity contribution is 6.36. The van der Waals surface area contributed by atoms with Gasteiger partial charge in [-0.2, -0.15) is 0 Å². The minimum atomic E-state index is -0.383. The molecule has 0 aliphatic rings. The fourth-order valence-electron chi connectivity index (χ4n) is 3.16. The van der Waals surface area contributed by atoms with Crippen LogP contribution in [0.1, 0.15) is 35.6 Å². The van der Waals surface area contributed by atoms with E-state index < -0.39 is 0 Å². The van der Waals surface area contributed by atoms with Crippen LogP contribution < -0.4 is 5.56 Å². The van der Waals surface area contributed by atoms with Gasteiger partial charge in [0.15, 0.2) is 0 Å². The van der Waals surface area contributed by atoms with Crippen molar-refractivity contribution in [2.75, 3.05) is 7.05 Å². The van der Waals surface area contributed by atoms with E-state index in [1.54, 1.807) is 49.3 Å². The van der Waals surface area contributed by atoms with E-state index in [0.717, 1.165) is 0 Å². The number of hydrogen-bond acceptors (Lipinski definition) is 3. The van der Waals surface area contributed by atoms with Crippen LogP contribution in [0.4, 0.5) is 0 Å². The maximum Gasteiger partial charge on any atom is 0.261 e. The van der Waals surface area contributed by atoms with E-state index in [0.29, 0.717) is 33.7 Å². The Morgan fingerprint density at radius 3 is 2.59 bits per heavy atom. The molecule has 0 fully saturated rings. The fraction of sp³-hybridized carbons (Fsp3) is 0.250. The zero-order chi connectivity index (χ0) is 19.7. The van der Waals surface area contributed by atoms with Gasteiger partial charge in [0.2, 0.25) is 0 Å². The van der Waals surface area contributed by atoms with Gasteiger partial charge in [0.1, 0.15) is 5.82 Å². The quantitative estimate of drug-likeness (QED) is 0.645. The summed E-state index contributed by atoms with van der Waals surface area (Å²) < 4.78 is 1.50. The second kappa shape index (κ2) is 7.71. The number of amides is 1. The molecule has 0 spiro atoms. The minimum Gasteiger partial charge on any atom is -0.331 e. The molecule has 0 saturated heterocycles. The van der Waals surface area contributed by atoms with Gasteiger partial charge < -0.3 is 4.90 Å². The van der Waals surface area contributed by atoms with E-state index in [9.17, 15) is 9.59 Å². The van der Waals surface area contributed by atoms with Crippen LogP contribution in [-0.4, -0.2) is 27.4 Å². The first-order chi connectivity index (χ1) is 12.8. The first-order valence-electron chi connectivity index (χ1n) is 8.53. The summed E-state index contributed by atoms with van der Waals surface area (Å²) in [5, 5.41) is 1.30. The molecule has 27 heavy (non-hydrogen) atoms. The smallest absolute Gasteiger partial charge is 0.261 e. The van der Waals surface area contributed by atoms with Gasteiger partial charge in [-0.1, -0.05) is 42.3 Å². The lowest BCUT2D eigenvalue weighted by molar-refractivity contribution is 0.0716. The lowest BCUT2D eigenvalue weighted by Gasteiger charge is -2.28. The predicted octanol–water partition coefficient (Wildman–Crippen LogP) is 4.46. The van der Waals surface area contributed by atoms with E-state index in [1.165, 1.54) is 10.6 Å². The minimum absolute atomic E-state index is 0.139. The molecule has 1 heterocycles. The van der Waals surface area contributed by atoms with E-state index in [2.05, 4.69) is 4.98 Å².